The molecule has 2 rings (SSSR count). The number of nitrogens with one attached hydrogen (secondary N) is 1. The molecule has 4 nitrogen and oxygen atoms in total. The lowest BCUT2D eigenvalue weighted by Crippen LogP contribution is -2.23. The van der Waals surface area contributed by atoms with E-state index in [1.54, 1.807) is 18.2 Å². The SMILES string of the molecule is CC(C)(C)[C@H](O)c1nc2ccccc2c(=O)[nH]1. The maximum atomic E-state index is 11.8. The van der Waals surface area contributed by atoms with Crippen LogP contribution in [-0.4, -0.2) is 15.1 Å². The number of H-pyrrole nitrogens is 1. The first kappa shape index (κ1) is 11.8. The monoisotopic (exact) mass is 232 g/mol. The molecule has 0 aliphatic carbocycles. The van der Waals surface area contributed by atoms with Crippen LogP contribution in [0.25, 0.3) is 10.9 Å². The highest BCUT2D eigenvalue weighted by Crippen LogP contribution is 2.30. The van der Waals surface area contributed by atoms with Crippen molar-refractivity contribution in [1.82, 2.24) is 9.97 Å². The molecule has 17 heavy (non-hydrogen) atoms. The zero-order chi connectivity index (χ0) is 12.6. The Morgan fingerprint density at radius 2 is 1.94 bits per heavy atom. The van der Waals surface area contributed by atoms with E-state index in [0.717, 1.165) is 0 Å². The van der Waals surface area contributed by atoms with E-state index in [2.05, 4.69) is 9.97 Å². The molecule has 0 amide bonds. The molecule has 90 valence electrons. The summed E-state index contributed by atoms with van der Waals surface area (Å²) in [6, 6.07) is 7.10. The lowest BCUT2D eigenvalue weighted by molar-refractivity contribution is 0.0550. The van der Waals surface area contributed by atoms with Gasteiger partial charge in [0.15, 0.2) is 0 Å². The van der Waals surface area contributed by atoms with Gasteiger partial charge in [-0.2, -0.15) is 0 Å². The first-order chi connectivity index (χ1) is 7.89. The van der Waals surface area contributed by atoms with Gasteiger partial charge in [0.1, 0.15) is 11.9 Å². The Kier molecular flexibility index (Phi) is 2.75. The van der Waals surface area contributed by atoms with E-state index in [9.17, 15) is 9.90 Å². The minimum Gasteiger partial charge on any atom is -0.385 e. The molecule has 1 heterocycles. The first-order valence-electron chi connectivity index (χ1n) is 5.56. The van der Waals surface area contributed by atoms with Crippen molar-refractivity contribution >= 4 is 10.9 Å². The summed E-state index contributed by atoms with van der Waals surface area (Å²) < 4.78 is 0. The fourth-order valence-electron chi connectivity index (χ4n) is 1.64. The van der Waals surface area contributed by atoms with Crippen LogP contribution in [0.1, 0.15) is 32.7 Å². The van der Waals surface area contributed by atoms with E-state index in [1.807, 2.05) is 26.8 Å². The van der Waals surface area contributed by atoms with Crippen LogP contribution in [0.4, 0.5) is 0 Å². The van der Waals surface area contributed by atoms with Crippen LogP contribution >= 0.6 is 0 Å². The van der Waals surface area contributed by atoms with Gasteiger partial charge in [0.2, 0.25) is 0 Å². The summed E-state index contributed by atoms with van der Waals surface area (Å²) in [7, 11) is 0. The van der Waals surface area contributed by atoms with Gasteiger partial charge in [0, 0.05) is 0 Å². The number of para-hydroxylation sites is 1. The fraction of sp³-hybridized carbons (Fsp3) is 0.385. The third-order valence-electron chi connectivity index (χ3n) is 2.71. The van der Waals surface area contributed by atoms with E-state index < -0.39 is 6.10 Å². The molecule has 0 radical (unpaired) electrons. The molecule has 0 unspecified atom stereocenters. The number of aromatic amines is 1. The molecule has 4 heteroatoms. The van der Waals surface area contributed by atoms with Gasteiger partial charge in [0.25, 0.3) is 5.56 Å². The van der Waals surface area contributed by atoms with E-state index in [-0.39, 0.29) is 11.0 Å². The lowest BCUT2D eigenvalue weighted by Gasteiger charge is -2.24. The molecule has 0 fully saturated rings. The topological polar surface area (TPSA) is 66.0 Å². The zero-order valence-corrected chi connectivity index (χ0v) is 10.2. The van der Waals surface area contributed by atoms with Crippen LogP contribution in [0.3, 0.4) is 0 Å². The van der Waals surface area contributed by atoms with E-state index in [0.29, 0.717) is 16.7 Å². The highest BCUT2D eigenvalue weighted by molar-refractivity contribution is 5.77. The second kappa shape index (κ2) is 3.96. The molecule has 0 aliphatic heterocycles. The van der Waals surface area contributed by atoms with Crippen LogP contribution < -0.4 is 5.56 Å². The second-order valence-corrected chi connectivity index (χ2v) is 5.24. The number of nitrogens with zero attached hydrogens (tertiary/aromatic N) is 1. The molecule has 0 bridgehead atoms. The van der Waals surface area contributed by atoms with Gasteiger partial charge < -0.3 is 10.1 Å². The summed E-state index contributed by atoms with van der Waals surface area (Å²) in [6.07, 6.45) is -0.792. The van der Waals surface area contributed by atoms with Crippen LogP contribution in [0, 0.1) is 5.41 Å². The molecular weight excluding hydrogens is 216 g/mol. The summed E-state index contributed by atoms with van der Waals surface area (Å²) in [5.74, 6) is 0.321. The number of rotatable bonds is 1. The summed E-state index contributed by atoms with van der Waals surface area (Å²) in [6.45, 7) is 5.69. The van der Waals surface area contributed by atoms with Crippen molar-refractivity contribution in [3.05, 3.63) is 40.4 Å². The Hall–Kier alpha value is -1.68. The number of fused-ring (bicyclic) bond motifs is 1. The van der Waals surface area contributed by atoms with Crippen LogP contribution in [0.2, 0.25) is 0 Å². The standard InChI is InChI=1S/C13H16N2O2/c1-13(2,3)10(16)11-14-9-7-5-4-6-8(9)12(17)15-11/h4-7,10,16H,1-3H3,(H,14,15,17)/t10-/m1/s1. The summed E-state index contributed by atoms with van der Waals surface area (Å²) in [5, 5.41) is 10.6. The minimum absolute atomic E-state index is 0.214. The Labute approximate surface area is 99.3 Å². The fourth-order valence-corrected chi connectivity index (χ4v) is 1.64. The normalized spacial score (nSPS) is 13.9. The molecule has 2 aromatic rings. The number of aromatic nitrogens is 2. The number of aliphatic hydroxyl groups is 1. The zero-order valence-electron chi connectivity index (χ0n) is 10.2. The van der Waals surface area contributed by atoms with Gasteiger partial charge in [-0.25, -0.2) is 4.98 Å². The molecule has 0 spiro atoms. The molecule has 1 aromatic heterocycles. The van der Waals surface area contributed by atoms with Gasteiger partial charge in [-0.3, -0.25) is 4.79 Å². The maximum Gasteiger partial charge on any atom is 0.258 e. The Bertz CT molecular complexity index is 596. The van der Waals surface area contributed by atoms with Gasteiger partial charge in [0.05, 0.1) is 10.9 Å². The molecular formula is C13H16N2O2. The Morgan fingerprint density at radius 1 is 1.29 bits per heavy atom. The van der Waals surface area contributed by atoms with E-state index in [1.165, 1.54) is 0 Å². The van der Waals surface area contributed by atoms with Crippen LogP contribution in [0.15, 0.2) is 29.1 Å². The minimum atomic E-state index is -0.792. The molecule has 1 aromatic carbocycles. The third-order valence-corrected chi connectivity index (χ3v) is 2.71. The van der Waals surface area contributed by atoms with Crippen molar-refractivity contribution in [3.63, 3.8) is 0 Å². The van der Waals surface area contributed by atoms with Gasteiger partial charge >= 0.3 is 0 Å². The van der Waals surface area contributed by atoms with Crippen LogP contribution in [0.5, 0.6) is 0 Å². The highest BCUT2D eigenvalue weighted by Gasteiger charge is 2.26. The van der Waals surface area contributed by atoms with E-state index >= 15 is 0 Å². The van der Waals surface area contributed by atoms with Gasteiger partial charge in [-0.15, -0.1) is 0 Å². The predicted molar refractivity (Wildman–Crippen MR) is 66.8 cm³/mol. The van der Waals surface area contributed by atoms with Crippen LogP contribution in [-0.2, 0) is 0 Å². The van der Waals surface area contributed by atoms with Crippen molar-refractivity contribution in [2.45, 2.75) is 26.9 Å². The smallest absolute Gasteiger partial charge is 0.258 e. The van der Waals surface area contributed by atoms with Crippen molar-refractivity contribution < 1.29 is 5.11 Å². The lowest BCUT2D eigenvalue weighted by atomic mass is 9.88. The molecule has 0 aliphatic rings. The summed E-state index contributed by atoms with van der Waals surface area (Å²) in [5.41, 5.74) is 0.0294. The number of hydrogen-bond donors (Lipinski definition) is 2. The number of benzene rings is 1. The quantitative estimate of drug-likeness (QED) is 0.790. The Balaban J connectivity index is 2.62. The average molecular weight is 232 g/mol. The van der Waals surface area contributed by atoms with Crippen molar-refractivity contribution in [2.24, 2.45) is 5.41 Å². The molecule has 2 N–H and O–H groups in total. The van der Waals surface area contributed by atoms with E-state index in [4.69, 9.17) is 0 Å². The average Bonchev–Trinajstić information content (AvgIpc) is 2.27. The predicted octanol–water partition coefficient (Wildman–Crippen LogP) is 2.00. The van der Waals surface area contributed by atoms with Crippen molar-refractivity contribution in [3.8, 4) is 0 Å². The van der Waals surface area contributed by atoms with Gasteiger partial charge in [-0.1, -0.05) is 32.9 Å². The molecule has 0 saturated heterocycles. The summed E-state index contributed by atoms with van der Waals surface area (Å²) >= 11 is 0. The molecule has 1 atom stereocenters. The first-order valence-corrected chi connectivity index (χ1v) is 5.56. The van der Waals surface area contributed by atoms with Gasteiger partial charge in [-0.05, 0) is 17.5 Å². The van der Waals surface area contributed by atoms with Crippen molar-refractivity contribution in [1.29, 1.82) is 0 Å². The number of aliphatic hydroxyl groups excluding tert-OH is 1. The van der Waals surface area contributed by atoms with Crippen molar-refractivity contribution in [2.75, 3.05) is 0 Å². The Morgan fingerprint density at radius 3 is 2.59 bits per heavy atom. The largest absolute Gasteiger partial charge is 0.385 e. The second-order valence-electron chi connectivity index (χ2n) is 5.24. The highest BCUT2D eigenvalue weighted by atomic mass is 16.3. The summed E-state index contributed by atoms with van der Waals surface area (Å²) in [4.78, 5) is 18.8. The number of hydrogen-bond acceptors (Lipinski definition) is 3. The maximum absolute atomic E-state index is 11.8. The third kappa shape index (κ3) is 2.22. The molecule has 0 saturated carbocycles.